The van der Waals surface area contributed by atoms with Crippen molar-refractivity contribution in [3.63, 3.8) is 0 Å². The number of amides is 1. The van der Waals surface area contributed by atoms with Crippen LogP contribution in [0.15, 0.2) is 12.7 Å². The van der Waals surface area contributed by atoms with Gasteiger partial charge in [-0.25, -0.2) is 9.67 Å². The molecule has 0 atom stereocenters. The van der Waals surface area contributed by atoms with Gasteiger partial charge in [-0.15, -0.1) is 0 Å². The van der Waals surface area contributed by atoms with Gasteiger partial charge in [0.25, 0.3) is 0 Å². The summed E-state index contributed by atoms with van der Waals surface area (Å²) in [6.07, 6.45) is 4.09. The second-order valence-corrected chi connectivity index (χ2v) is 3.80. The first kappa shape index (κ1) is 12.6. The molecule has 0 aromatic carbocycles. The Bertz CT molecular complexity index is 320. The molecule has 6 nitrogen and oxygen atoms in total. The summed E-state index contributed by atoms with van der Waals surface area (Å²) in [5, 5.41) is 16.5. The van der Waals surface area contributed by atoms with Gasteiger partial charge in [0.1, 0.15) is 19.2 Å². The summed E-state index contributed by atoms with van der Waals surface area (Å²) >= 11 is 0. The van der Waals surface area contributed by atoms with E-state index in [9.17, 15) is 9.90 Å². The molecule has 0 saturated carbocycles. The van der Waals surface area contributed by atoms with E-state index in [-0.39, 0.29) is 19.0 Å². The van der Waals surface area contributed by atoms with Crippen molar-refractivity contribution in [1.29, 1.82) is 0 Å². The lowest BCUT2D eigenvalue weighted by atomic mass is 9.98. The number of carbonyl (C=O) groups is 1. The Morgan fingerprint density at radius 3 is 2.69 bits per heavy atom. The third-order valence-electron chi connectivity index (χ3n) is 2.70. The van der Waals surface area contributed by atoms with Gasteiger partial charge in [0.05, 0.1) is 5.60 Å². The number of hydrogen-bond acceptors (Lipinski definition) is 4. The van der Waals surface area contributed by atoms with Crippen molar-refractivity contribution in [3.8, 4) is 0 Å². The first-order valence-corrected chi connectivity index (χ1v) is 5.41. The number of aliphatic hydroxyl groups is 1. The number of hydrogen-bond donors (Lipinski definition) is 2. The second kappa shape index (κ2) is 5.60. The number of rotatable bonds is 6. The number of nitrogens with one attached hydrogen (secondary N) is 1. The van der Waals surface area contributed by atoms with Gasteiger partial charge in [0.2, 0.25) is 5.91 Å². The summed E-state index contributed by atoms with van der Waals surface area (Å²) in [4.78, 5) is 15.2. The maximum absolute atomic E-state index is 11.5. The SMILES string of the molecule is CCC(O)(CC)CNC(=O)Cn1cncn1. The minimum Gasteiger partial charge on any atom is -0.388 e. The lowest BCUT2D eigenvalue weighted by Crippen LogP contribution is -2.43. The van der Waals surface area contributed by atoms with Gasteiger partial charge in [0.15, 0.2) is 0 Å². The van der Waals surface area contributed by atoms with E-state index in [0.717, 1.165) is 0 Å². The Hall–Kier alpha value is -1.43. The monoisotopic (exact) mass is 226 g/mol. The van der Waals surface area contributed by atoms with E-state index in [2.05, 4.69) is 15.4 Å². The van der Waals surface area contributed by atoms with Crippen molar-refractivity contribution in [2.45, 2.75) is 38.8 Å². The van der Waals surface area contributed by atoms with Gasteiger partial charge in [0, 0.05) is 6.54 Å². The molecule has 0 aliphatic heterocycles. The summed E-state index contributed by atoms with van der Waals surface area (Å²) in [7, 11) is 0. The zero-order valence-electron chi connectivity index (χ0n) is 9.68. The molecule has 0 fully saturated rings. The molecular weight excluding hydrogens is 208 g/mol. The smallest absolute Gasteiger partial charge is 0.241 e. The van der Waals surface area contributed by atoms with Crippen molar-refractivity contribution in [1.82, 2.24) is 20.1 Å². The van der Waals surface area contributed by atoms with Crippen LogP contribution in [0.1, 0.15) is 26.7 Å². The highest BCUT2D eigenvalue weighted by Gasteiger charge is 2.22. The molecule has 6 heteroatoms. The fourth-order valence-electron chi connectivity index (χ4n) is 1.28. The molecule has 1 aromatic heterocycles. The van der Waals surface area contributed by atoms with Gasteiger partial charge < -0.3 is 10.4 Å². The van der Waals surface area contributed by atoms with Gasteiger partial charge in [-0.05, 0) is 12.8 Å². The molecular formula is C10H18N4O2. The first-order chi connectivity index (χ1) is 7.59. The molecule has 0 saturated heterocycles. The molecule has 0 bridgehead atoms. The van der Waals surface area contributed by atoms with Crippen molar-refractivity contribution in [3.05, 3.63) is 12.7 Å². The topological polar surface area (TPSA) is 80.0 Å². The Morgan fingerprint density at radius 1 is 1.50 bits per heavy atom. The van der Waals surface area contributed by atoms with Gasteiger partial charge in [-0.1, -0.05) is 13.8 Å². The van der Waals surface area contributed by atoms with Crippen LogP contribution in [-0.2, 0) is 11.3 Å². The van der Waals surface area contributed by atoms with E-state index >= 15 is 0 Å². The highest BCUT2D eigenvalue weighted by Crippen LogP contribution is 2.12. The van der Waals surface area contributed by atoms with Gasteiger partial charge in [-0.2, -0.15) is 5.10 Å². The average molecular weight is 226 g/mol. The normalized spacial score (nSPS) is 11.4. The van der Waals surface area contributed by atoms with E-state index in [0.29, 0.717) is 12.8 Å². The summed E-state index contributed by atoms with van der Waals surface area (Å²) in [6.45, 7) is 4.19. The third kappa shape index (κ3) is 3.62. The highest BCUT2D eigenvalue weighted by atomic mass is 16.3. The van der Waals surface area contributed by atoms with Crippen LogP contribution in [0, 0.1) is 0 Å². The molecule has 0 aliphatic rings. The number of carbonyl (C=O) groups excluding carboxylic acids is 1. The first-order valence-electron chi connectivity index (χ1n) is 5.41. The van der Waals surface area contributed by atoms with E-state index in [1.165, 1.54) is 17.3 Å². The molecule has 16 heavy (non-hydrogen) atoms. The fourth-order valence-corrected chi connectivity index (χ4v) is 1.28. The van der Waals surface area contributed by atoms with Crippen LogP contribution in [0.3, 0.4) is 0 Å². The summed E-state index contributed by atoms with van der Waals surface area (Å²) in [5.41, 5.74) is -0.808. The zero-order chi connectivity index (χ0) is 12.0. The highest BCUT2D eigenvalue weighted by molar-refractivity contribution is 5.75. The van der Waals surface area contributed by atoms with Crippen LogP contribution in [-0.4, -0.2) is 37.9 Å². The van der Waals surface area contributed by atoms with E-state index in [1.54, 1.807) is 0 Å². The predicted octanol–water partition coefficient (Wildman–Crippen LogP) is -0.0546. The molecule has 1 amide bonds. The van der Waals surface area contributed by atoms with Crippen molar-refractivity contribution < 1.29 is 9.90 Å². The molecule has 0 radical (unpaired) electrons. The van der Waals surface area contributed by atoms with Crippen LogP contribution in [0.25, 0.3) is 0 Å². The van der Waals surface area contributed by atoms with E-state index in [4.69, 9.17) is 0 Å². The molecule has 90 valence electrons. The summed E-state index contributed by atoms with van der Waals surface area (Å²) in [5.74, 6) is -0.175. The number of nitrogens with zero attached hydrogens (tertiary/aromatic N) is 3. The van der Waals surface area contributed by atoms with Crippen molar-refractivity contribution in [2.75, 3.05) is 6.54 Å². The molecule has 0 unspecified atom stereocenters. The third-order valence-corrected chi connectivity index (χ3v) is 2.70. The van der Waals surface area contributed by atoms with E-state index < -0.39 is 5.60 Å². The van der Waals surface area contributed by atoms with Gasteiger partial charge >= 0.3 is 0 Å². The predicted molar refractivity (Wildman–Crippen MR) is 58.6 cm³/mol. The van der Waals surface area contributed by atoms with E-state index in [1.807, 2.05) is 13.8 Å². The van der Waals surface area contributed by atoms with Crippen molar-refractivity contribution >= 4 is 5.91 Å². The summed E-state index contributed by atoms with van der Waals surface area (Å²) in [6, 6.07) is 0. The fraction of sp³-hybridized carbons (Fsp3) is 0.700. The Balaban J connectivity index is 2.35. The van der Waals surface area contributed by atoms with Crippen molar-refractivity contribution in [2.24, 2.45) is 0 Å². The second-order valence-electron chi connectivity index (χ2n) is 3.80. The van der Waals surface area contributed by atoms with Gasteiger partial charge in [-0.3, -0.25) is 4.79 Å². The Morgan fingerprint density at radius 2 is 2.19 bits per heavy atom. The van der Waals surface area contributed by atoms with Crippen LogP contribution >= 0.6 is 0 Å². The molecule has 0 spiro atoms. The van der Waals surface area contributed by atoms with Crippen LogP contribution in [0.2, 0.25) is 0 Å². The minimum absolute atomic E-state index is 0.128. The lowest BCUT2D eigenvalue weighted by Gasteiger charge is -2.25. The molecule has 2 N–H and O–H groups in total. The van der Waals surface area contributed by atoms with Crippen LogP contribution in [0.5, 0.6) is 0 Å². The standard InChI is InChI=1S/C10H18N4O2/c1-3-10(16,4-2)6-12-9(15)5-14-8-11-7-13-14/h7-8,16H,3-6H2,1-2H3,(H,12,15). The number of aromatic nitrogens is 3. The lowest BCUT2D eigenvalue weighted by molar-refractivity contribution is -0.123. The van der Waals surface area contributed by atoms with Crippen LogP contribution < -0.4 is 5.32 Å². The average Bonchev–Trinajstić information content (AvgIpc) is 2.79. The molecule has 1 heterocycles. The molecule has 1 rings (SSSR count). The maximum atomic E-state index is 11.5. The Kier molecular flexibility index (Phi) is 4.42. The molecule has 0 aliphatic carbocycles. The van der Waals surface area contributed by atoms with Crippen LogP contribution in [0.4, 0.5) is 0 Å². The largest absolute Gasteiger partial charge is 0.388 e. The molecule has 1 aromatic rings. The Labute approximate surface area is 94.7 Å². The maximum Gasteiger partial charge on any atom is 0.241 e. The zero-order valence-corrected chi connectivity index (χ0v) is 9.68. The summed E-state index contributed by atoms with van der Waals surface area (Å²) < 4.78 is 1.44. The minimum atomic E-state index is -0.808. The quantitative estimate of drug-likeness (QED) is 0.712.